The van der Waals surface area contributed by atoms with Crippen molar-refractivity contribution in [3.63, 3.8) is 0 Å². The van der Waals surface area contributed by atoms with E-state index in [0.29, 0.717) is 12.4 Å². The van der Waals surface area contributed by atoms with E-state index in [4.69, 9.17) is 14.7 Å². The quantitative estimate of drug-likeness (QED) is 0.809. The molecule has 0 aliphatic rings. The van der Waals surface area contributed by atoms with E-state index in [-0.39, 0.29) is 17.9 Å². The van der Waals surface area contributed by atoms with Gasteiger partial charge in [-0.2, -0.15) is 18.4 Å². The fraction of sp³-hybridized carbons (Fsp3) is 0.429. The first-order chi connectivity index (χ1) is 9.85. The summed E-state index contributed by atoms with van der Waals surface area (Å²) in [6, 6.07) is 5.25. The lowest BCUT2D eigenvalue weighted by Crippen LogP contribution is -2.28. The standard InChI is InChI=1S/C14H14F3NO3/c1-3-20-11-6-5-9(7-12(11)21-4-2)10(8-18)13(19)14(15,16)17/h5-7,10H,3-4H2,1-2H3/t10-/m1/s1. The minimum Gasteiger partial charge on any atom is -0.490 e. The van der Waals surface area contributed by atoms with Gasteiger partial charge in [0.15, 0.2) is 11.5 Å². The number of nitriles is 1. The van der Waals surface area contributed by atoms with Crippen molar-refractivity contribution in [2.45, 2.75) is 25.9 Å². The first kappa shape index (κ1) is 16.8. The van der Waals surface area contributed by atoms with Crippen LogP contribution in [0.5, 0.6) is 11.5 Å². The lowest BCUT2D eigenvalue weighted by molar-refractivity contribution is -0.171. The molecule has 21 heavy (non-hydrogen) atoms. The van der Waals surface area contributed by atoms with Crippen LogP contribution in [0.25, 0.3) is 0 Å². The molecule has 0 spiro atoms. The number of rotatable bonds is 6. The van der Waals surface area contributed by atoms with E-state index in [2.05, 4.69) is 0 Å². The third-order valence-electron chi connectivity index (χ3n) is 2.57. The Balaban J connectivity index is 3.20. The lowest BCUT2D eigenvalue weighted by atomic mass is 9.95. The summed E-state index contributed by atoms with van der Waals surface area (Å²) in [7, 11) is 0. The zero-order valence-corrected chi connectivity index (χ0v) is 11.5. The third kappa shape index (κ3) is 4.12. The van der Waals surface area contributed by atoms with Crippen molar-refractivity contribution in [3.8, 4) is 17.6 Å². The van der Waals surface area contributed by atoms with Crippen molar-refractivity contribution in [1.29, 1.82) is 5.26 Å². The Labute approximate surface area is 120 Å². The molecule has 4 nitrogen and oxygen atoms in total. The first-order valence-electron chi connectivity index (χ1n) is 6.25. The smallest absolute Gasteiger partial charge is 0.451 e. The predicted octanol–water partition coefficient (Wildman–Crippen LogP) is 3.22. The van der Waals surface area contributed by atoms with Crippen LogP contribution < -0.4 is 9.47 Å². The van der Waals surface area contributed by atoms with Crippen LogP contribution >= 0.6 is 0 Å². The van der Waals surface area contributed by atoms with Crippen LogP contribution in [0.2, 0.25) is 0 Å². The molecule has 0 aromatic heterocycles. The zero-order valence-electron chi connectivity index (χ0n) is 11.5. The Morgan fingerprint density at radius 2 is 1.81 bits per heavy atom. The number of carbonyl (C=O) groups is 1. The lowest BCUT2D eigenvalue weighted by Gasteiger charge is -2.15. The maximum absolute atomic E-state index is 12.5. The van der Waals surface area contributed by atoms with Gasteiger partial charge >= 0.3 is 6.18 Å². The molecule has 0 aliphatic carbocycles. The first-order valence-corrected chi connectivity index (χ1v) is 6.25. The number of ketones is 1. The fourth-order valence-electron chi connectivity index (χ4n) is 1.70. The minimum atomic E-state index is -5.06. The van der Waals surface area contributed by atoms with Crippen LogP contribution in [-0.2, 0) is 4.79 Å². The predicted molar refractivity (Wildman–Crippen MR) is 68.2 cm³/mol. The van der Waals surface area contributed by atoms with Crippen molar-refractivity contribution < 1.29 is 27.4 Å². The van der Waals surface area contributed by atoms with E-state index in [0.717, 1.165) is 0 Å². The van der Waals surface area contributed by atoms with E-state index >= 15 is 0 Å². The molecule has 0 bridgehead atoms. The normalized spacial score (nSPS) is 12.4. The highest BCUT2D eigenvalue weighted by Gasteiger charge is 2.44. The van der Waals surface area contributed by atoms with Gasteiger partial charge in [-0.05, 0) is 31.5 Å². The number of halogens is 3. The summed E-state index contributed by atoms with van der Waals surface area (Å²) < 4.78 is 47.9. The van der Waals surface area contributed by atoms with Gasteiger partial charge in [0.2, 0.25) is 0 Å². The van der Waals surface area contributed by atoms with Crippen molar-refractivity contribution >= 4 is 5.78 Å². The maximum atomic E-state index is 12.5. The van der Waals surface area contributed by atoms with Crippen molar-refractivity contribution in [2.75, 3.05) is 13.2 Å². The van der Waals surface area contributed by atoms with Crippen molar-refractivity contribution in [3.05, 3.63) is 23.8 Å². The molecule has 0 heterocycles. The number of alkyl halides is 3. The van der Waals surface area contributed by atoms with Gasteiger partial charge in [-0.3, -0.25) is 4.79 Å². The van der Waals surface area contributed by atoms with Gasteiger partial charge < -0.3 is 9.47 Å². The highest BCUT2D eigenvalue weighted by atomic mass is 19.4. The summed E-state index contributed by atoms with van der Waals surface area (Å²) in [5.74, 6) is -3.47. The Hall–Kier alpha value is -2.23. The van der Waals surface area contributed by atoms with Gasteiger partial charge in [0, 0.05) is 0 Å². The average molecular weight is 301 g/mol. The highest BCUT2D eigenvalue weighted by molar-refractivity contribution is 5.93. The molecule has 0 saturated carbocycles. The summed E-state index contributed by atoms with van der Waals surface area (Å²) in [4.78, 5) is 11.3. The minimum absolute atomic E-state index is 0.0771. The van der Waals surface area contributed by atoms with E-state index in [9.17, 15) is 18.0 Å². The molecule has 0 fully saturated rings. The molecule has 0 N–H and O–H groups in total. The van der Waals surface area contributed by atoms with Gasteiger partial charge in [-0.25, -0.2) is 0 Å². The molecule has 1 atom stereocenters. The largest absolute Gasteiger partial charge is 0.490 e. The van der Waals surface area contributed by atoms with Gasteiger partial charge in [0.05, 0.1) is 19.3 Å². The number of hydrogen-bond acceptors (Lipinski definition) is 4. The highest BCUT2D eigenvalue weighted by Crippen LogP contribution is 2.34. The monoisotopic (exact) mass is 301 g/mol. The number of benzene rings is 1. The maximum Gasteiger partial charge on any atom is 0.451 e. The summed E-state index contributed by atoms with van der Waals surface area (Å²) in [6.07, 6.45) is -5.06. The summed E-state index contributed by atoms with van der Waals surface area (Å²) >= 11 is 0. The number of hydrogen-bond donors (Lipinski definition) is 0. The zero-order chi connectivity index (χ0) is 16.0. The molecular formula is C14H14F3NO3. The SMILES string of the molecule is CCOc1ccc([C@@H](C#N)C(=O)C(F)(F)F)cc1OCC. The molecule has 0 saturated heterocycles. The van der Waals surface area contributed by atoms with E-state index in [1.165, 1.54) is 24.3 Å². The molecule has 1 rings (SSSR count). The Kier molecular flexibility index (Phi) is 5.59. The molecule has 1 aromatic rings. The van der Waals surface area contributed by atoms with Crippen LogP contribution in [0, 0.1) is 11.3 Å². The number of carbonyl (C=O) groups excluding carboxylic acids is 1. The topological polar surface area (TPSA) is 59.3 Å². The number of ether oxygens (including phenoxy) is 2. The second kappa shape index (κ2) is 6.97. The van der Waals surface area contributed by atoms with Crippen LogP contribution in [0.3, 0.4) is 0 Å². The number of Topliss-reactive ketones (excluding diaryl/α,β-unsaturated/α-hetero) is 1. The Morgan fingerprint density at radius 3 is 2.29 bits per heavy atom. The van der Waals surface area contributed by atoms with Crippen LogP contribution in [0.4, 0.5) is 13.2 Å². The van der Waals surface area contributed by atoms with E-state index in [1.807, 2.05) is 0 Å². The van der Waals surface area contributed by atoms with Crippen molar-refractivity contribution in [1.82, 2.24) is 0 Å². The van der Waals surface area contributed by atoms with Gasteiger partial charge in [0.1, 0.15) is 5.92 Å². The van der Waals surface area contributed by atoms with Crippen LogP contribution in [-0.4, -0.2) is 25.2 Å². The Bertz CT molecular complexity index is 549. The average Bonchev–Trinajstić information content (AvgIpc) is 2.41. The van der Waals surface area contributed by atoms with Crippen LogP contribution in [0.15, 0.2) is 18.2 Å². The fourth-order valence-corrected chi connectivity index (χ4v) is 1.70. The van der Waals surface area contributed by atoms with Gasteiger partial charge in [-0.15, -0.1) is 0 Å². The molecule has 1 aromatic carbocycles. The molecule has 0 radical (unpaired) electrons. The molecule has 0 unspecified atom stereocenters. The second-order valence-corrected chi connectivity index (χ2v) is 4.00. The van der Waals surface area contributed by atoms with E-state index in [1.54, 1.807) is 13.8 Å². The van der Waals surface area contributed by atoms with Gasteiger partial charge in [0.25, 0.3) is 5.78 Å². The van der Waals surface area contributed by atoms with E-state index < -0.39 is 17.9 Å². The molecule has 0 amide bonds. The second-order valence-electron chi connectivity index (χ2n) is 4.00. The van der Waals surface area contributed by atoms with Crippen LogP contribution in [0.1, 0.15) is 25.3 Å². The summed E-state index contributed by atoms with van der Waals surface area (Å²) in [5.41, 5.74) is -0.0771. The molecule has 114 valence electrons. The summed E-state index contributed by atoms with van der Waals surface area (Å²) in [6.45, 7) is 4.07. The molecule has 0 aliphatic heterocycles. The number of nitrogens with zero attached hydrogens (tertiary/aromatic N) is 1. The molecular weight excluding hydrogens is 287 g/mol. The third-order valence-corrected chi connectivity index (χ3v) is 2.57. The molecule has 7 heteroatoms. The van der Waals surface area contributed by atoms with Crippen molar-refractivity contribution in [2.24, 2.45) is 0 Å². The summed E-state index contributed by atoms with van der Waals surface area (Å²) in [5, 5.41) is 8.86. The van der Waals surface area contributed by atoms with Gasteiger partial charge in [-0.1, -0.05) is 6.07 Å². The Morgan fingerprint density at radius 1 is 1.24 bits per heavy atom.